The highest BCUT2D eigenvalue weighted by Crippen LogP contribution is 2.33. The van der Waals surface area contributed by atoms with Crippen LogP contribution in [-0.4, -0.2) is 33.2 Å². The second-order valence-electron chi connectivity index (χ2n) is 5.18. The summed E-state index contributed by atoms with van der Waals surface area (Å²) < 4.78 is 0. The van der Waals surface area contributed by atoms with E-state index in [0.29, 0.717) is 23.4 Å². The molecule has 1 aromatic heterocycles. The van der Waals surface area contributed by atoms with Crippen molar-refractivity contribution in [1.29, 1.82) is 0 Å². The van der Waals surface area contributed by atoms with Gasteiger partial charge in [-0.05, 0) is 18.4 Å². The molecule has 2 aromatic rings. The predicted octanol–water partition coefficient (Wildman–Crippen LogP) is 1.55. The summed E-state index contributed by atoms with van der Waals surface area (Å²) in [6.45, 7) is 0. The third kappa shape index (κ3) is 2.49. The first kappa shape index (κ1) is 12.7. The molecular formula is C14H15N3O3. The number of aromatic nitrogens is 2. The smallest absolute Gasteiger partial charge is 0.326 e. The molecule has 1 amide bonds. The number of carbonyl (C=O) groups is 2. The molecule has 3 N–H and O–H groups in total. The molecule has 3 rings (SSSR count). The molecule has 0 bridgehead atoms. The second kappa shape index (κ2) is 4.96. The number of nitrogens with zero attached hydrogens (tertiary/aromatic N) is 1. The molecule has 1 atom stereocenters. The maximum absolute atomic E-state index is 12.3. The summed E-state index contributed by atoms with van der Waals surface area (Å²) in [6.07, 6.45) is 4.23. The van der Waals surface area contributed by atoms with E-state index in [1.54, 1.807) is 18.3 Å². The Bertz CT molecular complexity index is 660. The number of carboxylic acid groups (broad SMARTS) is 1. The molecule has 1 saturated carbocycles. The topological polar surface area (TPSA) is 95.1 Å². The molecule has 1 aromatic carbocycles. The van der Waals surface area contributed by atoms with Crippen LogP contribution in [0.2, 0.25) is 0 Å². The summed E-state index contributed by atoms with van der Waals surface area (Å²) in [5, 5.41) is 19.3. The summed E-state index contributed by atoms with van der Waals surface area (Å²) >= 11 is 0. The standard InChI is InChI=1S/C14H15N3O3/c18-13(16-11(14(19)20)6-8-4-5-8)10-3-1-2-9-7-15-17-12(9)10/h1-3,7-8,11H,4-6H2,(H,15,17)(H,16,18)(H,19,20). The fourth-order valence-corrected chi connectivity index (χ4v) is 2.30. The van der Waals surface area contributed by atoms with Crippen LogP contribution in [0.25, 0.3) is 10.9 Å². The number of H-pyrrole nitrogens is 1. The van der Waals surface area contributed by atoms with Gasteiger partial charge in [-0.25, -0.2) is 4.79 Å². The summed E-state index contributed by atoms with van der Waals surface area (Å²) in [6, 6.07) is 4.43. The van der Waals surface area contributed by atoms with Gasteiger partial charge in [0.1, 0.15) is 6.04 Å². The number of aromatic amines is 1. The van der Waals surface area contributed by atoms with Gasteiger partial charge in [0, 0.05) is 5.39 Å². The first-order valence-corrected chi connectivity index (χ1v) is 6.61. The van der Waals surface area contributed by atoms with Crippen LogP contribution in [0.5, 0.6) is 0 Å². The zero-order chi connectivity index (χ0) is 14.1. The van der Waals surface area contributed by atoms with Gasteiger partial charge in [-0.1, -0.05) is 25.0 Å². The molecule has 6 heteroatoms. The van der Waals surface area contributed by atoms with Gasteiger partial charge in [-0.15, -0.1) is 0 Å². The monoisotopic (exact) mass is 273 g/mol. The van der Waals surface area contributed by atoms with E-state index in [2.05, 4.69) is 15.5 Å². The molecule has 104 valence electrons. The summed E-state index contributed by atoms with van der Waals surface area (Å²) in [4.78, 5) is 23.5. The van der Waals surface area contributed by atoms with Crippen LogP contribution in [0.4, 0.5) is 0 Å². The van der Waals surface area contributed by atoms with Crippen molar-refractivity contribution >= 4 is 22.8 Å². The second-order valence-corrected chi connectivity index (χ2v) is 5.18. The number of carboxylic acids is 1. The number of fused-ring (bicyclic) bond motifs is 1. The van der Waals surface area contributed by atoms with E-state index in [9.17, 15) is 14.7 Å². The lowest BCUT2D eigenvalue weighted by molar-refractivity contribution is -0.139. The molecule has 1 unspecified atom stereocenters. The average Bonchev–Trinajstić information content (AvgIpc) is 3.11. The van der Waals surface area contributed by atoms with Crippen molar-refractivity contribution in [2.75, 3.05) is 0 Å². The molecule has 0 saturated heterocycles. The van der Waals surface area contributed by atoms with Gasteiger partial charge in [0.2, 0.25) is 0 Å². The maximum atomic E-state index is 12.3. The molecule has 0 spiro atoms. The van der Waals surface area contributed by atoms with Crippen molar-refractivity contribution in [1.82, 2.24) is 15.5 Å². The van der Waals surface area contributed by atoms with Crippen LogP contribution < -0.4 is 5.32 Å². The quantitative estimate of drug-likeness (QED) is 0.770. The highest BCUT2D eigenvalue weighted by Gasteiger charge is 2.30. The molecule has 1 heterocycles. The molecule has 20 heavy (non-hydrogen) atoms. The molecule has 0 aliphatic heterocycles. The van der Waals surface area contributed by atoms with E-state index in [1.807, 2.05) is 6.07 Å². The van der Waals surface area contributed by atoms with Crippen LogP contribution in [0.15, 0.2) is 24.4 Å². The van der Waals surface area contributed by atoms with E-state index in [0.717, 1.165) is 18.2 Å². The van der Waals surface area contributed by atoms with Crippen molar-refractivity contribution in [3.05, 3.63) is 30.0 Å². The number of nitrogens with one attached hydrogen (secondary N) is 2. The number of para-hydroxylation sites is 1. The van der Waals surface area contributed by atoms with Crippen molar-refractivity contribution < 1.29 is 14.7 Å². The number of rotatable bonds is 5. The SMILES string of the molecule is O=C(NC(CC1CC1)C(=O)O)c1cccc2cn[nH]c12. The van der Waals surface area contributed by atoms with E-state index >= 15 is 0 Å². The molecule has 0 radical (unpaired) electrons. The fraction of sp³-hybridized carbons (Fsp3) is 0.357. The van der Waals surface area contributed by atoms with Gasteiger partial charge >= 0.3 is 5.97 Å². The Kier molecular flexibility index (Phi) is 3.14. The molecular weight excluding hydrogens is 258 g/mol. The van der Waals surface area contributed by atoms with Gasteiger partial charge in [0.15, 0.2) is 0 Å². The first-order valence-electron chi connectivity index (χ1n) is 6.61. The van der Waals surface area contributed by atoms with Crippen molar-refractivity contribution in [2.45, 2.75) is 25.3 Å². The Morgan fingerprint density at radius 2 is 2.25 bits per heavy atom. The number of aliphatic carboxylic acids is 1. The number of amides is 1. The molecule has 1 aliphatic carbocycles. The normalized spacial score (nSPS) is 16.0. The Morgan fingerprint density at radius 3 is 2.95 bits per heavy atom. The Labute approximate surface area is 115 Å². The fourth-order valence-electron chi connectivity index (χ4n) is 2.30. The zero-order valence-electron chi connectivity index (χ0n) is 10.8. The lowest BCUT2D eigenvalue weighted by atomic mass is 10.1. The number of hydrogen-bond donors (Lipinski definition) is 3. The third-order valence-electron chi connectivity index (χ3n) is 3.59. The van der Waals surface area contributed by atoms with E-state index in [1.165, 1.54) is 0 Å². The van der Waals surface area contributed by atoms with Crippen LogP contribution >= 0.6 is 0 Å². The average molecular weight is 273 g/mol. The van der Waals surface area contributed by atoms with Gasteiger partial charge in [-0.3, -0.25) is 9.89 Å². The highest BCUT2D eigenvalue weighted by molar-refractivity contribution is 6.06. The Hall–Kier alpha value is -2.37. The van der Waals surface area contributed by atoms with Gasteiger partial charge in [-0.2, -0.15) is 5.10 Å². The van der Waals surface area contributed by atoms with Gasteiger partial charge < -0.3 is 10.4 Å². The van der Waals surface area contributed by atoms with Crippen LogP contribution in [0.3, 0.4) is 0 Å². The van der Waals surface area contributed by atoms with Crippen LogP contribution in [0.1, 0.15) is 29.6 Å². The van der Waals surface area contributed by atoms with Crippen molar-refractivity contribution in [2.24, 2.45) is 5.92 Å². The van der Waals surface area contributed by atoms with E-state index in [-0.39, 0.29) is 5.91 Å². The number of benzene rings is 1. The first-order chi connectivity index (χ1) is 9.65. The minimum Gasteiger partial charge on any atom is -0.480 e. The third-order valence-corrected chi connectivity index (χ3v) is 3.59. The minimum absolute atomic E-state index is 0.382. The van der Waals surface area contributed by atoms with Crippen LogP contribution in [-0.2, 0) is 4.79 Å². The number of carbonyl (C=O) groups excluding carboxylic acids is 1. The Morgan fingerprint density at radius 1 is 1.45 bits per heavy atom. The predicted molar refractivity (Wildman–Crippen MR) is 72.3 cm³/mol. The molecule has 1 aliphatic rings. The van der Waals surface area contributed by atoms with E-state index < -0.39 is 12.0 Å². The maximum Gasteiger partial charge on any atom is 0.326 e. The zero-order valence-corrected chi connectivity index (χ0v) is 10.8. The lowest BCUT2D eigenvalue weighted by Crippen LogP contribution is -2.41. The van der Waals surface area contributed by atoms with Gasteiger partial charge in [0.25, 0.3) is 5.91 Å². The summed E-state index contributed by atoms with van der Waals surface area (Å²) in [7, 11) is 0. The van der Waals surface area contributed by atoms with Crippen LogP contribution in [0, 0.1) is 5.92 Å². The summed E-state index contributed by atoms with van der Waals surface area (Å²) in [5.41, 5.74) is 1.04. The van der Waals surface area contributed by atoms with Crippen molar-refractivity contribution in [3.63, 3.8) is 0 Å². The minimum atomic E-state index is -0.984. The molecule has 6 nitrogen and oxygen atoms in total. The Balaban J connectivity index is 1.80. The lowest BCUT2D eigenvalue weighted by Gasteiger charge is -2.14. The molecule has 1 fully saturated rings. The number of hydrogen-bond acceptors (Lipinski definition) is 3. The van der Waals surface area contributed by atoms with Gasteiger partial charge in [0.05, 0.1) is 17.3 Å². The largest absolute Gasteiger partial charge is 0.480 e. The summed E-state index contributed by atoms with van der Waals surface area (Å²) in [5.74, 6) is -0.936. The van der Waals surface area contributed by atoms with E-state index in [4.69, 9.17) is 0 Å². The van der Waals surface area contributed by atoms with Crippen molar-refractivity contribution in [3.8, 4) is 0 Å². The highest BCUT2D eigenvalue weighted by atomic mass is 16.4.